The van der Waals surface area contributed by atoms with Gasteiger partial charge in [0.2, 0.25) is 0 Å². The number of nitrogens with zero attached hydrogens (tertiary/aromatic N) is 1. The molecule has 2 heteroatoms. The molecule has 1 aliphatic rings. The zero-order valence-electron chi connectivity index (χ0n) is 9.71. The monoisotopic (exact) mass is 195 g/mol. The van der Waals surface area contributed by atoms with Gasteiger partial charge < -0.3 is 4.74 Å². The van der Waals surface area contributed by atoms with Gasteiger partial charge >= 0.3 is 0 Å². The summed E-state index contributed by atoms with van der Waals surface area (Å²) in [6.45, 7) is 9.65. The van der Waals surface area contributed by atoms with Crippen molar-refractivity contribution >= 4 is 0 Å². The summed E-state index contributed by atoms with van der Waals surface area (Å²) >= 11 is 0. The Morgan fingerprint density at radius 2 is 2.07 bits per heavy atom. The van der Waals surface area contributed by atoms with E-state index < -0.39 is 0 Å². The van der Waals surface area contributed by atoms with Crippen LogP contribution in [0.15, 0.2) is 0 Å². The van der Waals surface area contributed by atoms with E-state index in [2.05, 4.69) is 33.8 Å². The zero-order chi connectivity index (χ0) is 10.8. The van der Waals surface area contributed by atoms with Crippen molar-refractivity contribution in [1.29, 1.82) is 5.26 Å². The topological polar surface area (TPSA) is 33.0 Å². The molecule has 0 aromatic carbocycles. The Morgan fingerprint density at radius 3 is 2.57 bits per heavy atom. The maximum Gasteiger partial charge on any atom is 0.0763 e. The number of hydrogen-bond donors (Lipinski definition) is 0. The van der Waals surface area contributed by atoms with Crippen LogP contribution >= 0.6 is 0 Å². The molecule has 1 saturated heterocycles. The molecule has 0 radical (unpaired) electrons. The maximum absolute atomic E-state index is 9.05. The Labute approximate surface area is 87.3 Å². The van der Waals surface area contributed by atoms with Gasteiger partial charge in [0.1, 0.15) is 0 Å². The predicted octanol–water partition coefficient (Wildman–Crippen LogP) is 2.99. The average Bonchev–Trinajstić information content (AvgIpc) is 2.15. The first kappa shape index (κ1) is 11.5. The summed E-state index contributed by atoms with van der Waals surface area (Å²) in [4.78, 5) is 0. The Hall–Kier alpha value is -0.550. The first-order valence-electron chi connectivity index (χ1n) is 5.48. The van der Waals surface area contributed by atoms with Gasteiger partial charge in [-0.2, -0.15) is 5.26 Å². The van der Waals surface area contributed by atoms with E-state index in [0.29, 0.717) is 5.92 Å². The van der Waals surface area contributed by atoms with Crippen LogP contribution in [0.4, 0.5) is 0 Å². The van der Waals surface area contributed by atoms with Crippen molar-refractivity contribution < 1.29 is 4.74 Å². The fraction of sp³-hybridized carbons (Fsp3) is 0.917. The van der Waals surface area contributed by atoms with Crippen LogP contribution in [0.2, 0.25) is 0 Å². The van der Waals surface area contributed by atoms with Crippen molar-refractivity contribution in [2.45, 2.75) is 46.6 Å². The largest absolute Gasteiger partial charge is 0.377 e. The summed E-state index contributed by atoms with van der Waals surface area (Å²) in [6.07, 6.45) is 2.17. The highest BCUT2D eigenvalue weighted by molar-refractivity contribution is 4.95. The summed E-state index contributed by atoms with van der Waals surface area (Å²) in [5, 5.41) is 9.05. The molecule has 1 aliphatic heterocycles. The normalized spacial score (nSPS) is 30.8. The summed E-state index contributed by atoms with van der Waals surface area (Å²) in [6, 6.07) is 2.38. The standard InChI is InChI=1S/C12H21NO/c1-9(12(2,3)4)11-10(8-13)6-5-7-14-11/h9-11H,5-7H2,1-4H3. The molecule has 2 nitrogen and oxygen atoms in total. The lowest BCUT2D eigenvalue weighted by Crippen LogP contribution is -2.39. The minimum atomic E-state index is 0.0953. The average molecular weight is 195 g/mol. The summed E-state index contributed by atoms with van der Waals surface area (Å²) in [7, 11) is 0. The number of rotatable bonds is 1. The molecule has 80 valence electrons. The lowest BCUT2D eigenvalue weighted by molar-refractivity contribution is -0.0665. The van der Waals surface area contributed by atoms with E-state index in [0.717, 1.165) is 19.4 Å². The fourth-order valence-corrected chi connectivity index (χ4v) is 1.93. The lowest BCUT2D eigenvalue weighted by atomic mass is 9.74. The Bertz CT molecular complexity index is 223. The molecule has 1 rings (SSSR count). The third-order valence-electron chi connectivity index (χ3n) is 3.39. The molecule has 14 heavy (non-hydrogen) atoms. The highest BCUT2D eigenvalue weighted by atomic mass is 16.5. The van der Waals surface area contributed by atoms with Crippen molar-refractivity contribution in [3.05, 3.63) is 0 Å². The molecule has 0 N–H and O–H groups in total. The Morgan fingerprint density at radius 1 is 1.43 bits per heavy atom. The number of hydrogen-bond acceptors (Lipinski definition) is 2. The predicted molar refractivity (Wildman–Crippen MR) is 56.7 cm³/mol. The van der Waals surface area contributed by atoms with Crippen LogP contribution in [0, 0.1) is 28.6 Å². The quantitative estimate of drug-likeness (QED) is 0.644. The van der Waals surface area contributed by atoms with Gasteiger partial charge in [0.15, 0.2) is 0 Å². The molecule has 0 saturated carbocycles. The number of nitriles is 1. The van der Waals surface area contributed by atoms with Crippen molar-refractivity contribution in [2.75, 3.05) is 6.61 Å². The van der Waals surface area contributed by atoms with E-state index in [4.69, 9.17) is 10.00 Å². The first-order chi connectivity index (χ1) is 6.46. The molecule has 0 spiro atoms. The van der Waals surface area contributed by atoms with Crippen molar-refractivity contribution in [3.8, 4) is 6.07 Å². The Balaban J connectivity index is 2.69. The van der Waals surface area contributed by atoms with Crippen molar-refractivity contribution in [1.82, 2.24) is 0 Å². The Kier molecular flexibility index (Phi) is 3.55. The van der Waals surface area contributed by atoms with Gasteiger partial charge in [-0.05, 0) is 24.2 Å². The molecular formula is C12H21NO. The van der Waals surface area contributed by atoms with Gasteiger partial charge in [-0.15, -0.1) is 0 Å². The van der Waals surface area contributed by atoms with E-state index in [1.807, 2.05) is 0 Å². The lowest BCUT2D eigenvalue weighted by Gasteiger charge is -2.38. The summed E-state index contributed by atoms with van der Waals surface area (Å²) in [5.74, 6) is 0.533. The van der Waals surface area contributed by atoms with E-state index in [-0.39, 0.29) is 17.4 Å². The smallest absolute Gasteiger partial charge is 0.0763 e. The summed E-state index contributed by atoms with van der Waals surface area (Å²) in [5.41, 5.74) is 0.219. The first-order valence-corrected chi connectivity index (χ1v) is 5.48. The van der Waals surface area contributed by atoms with Crippen molar-refractivity contribution in [2.24, 2.45) is 17.3 Å². The van der Waals surface area contributed by atoms with E-state index in [9.17, 15) is 0 Å². The van der Waals surface area contributed by atoms with Crippen LogP contribution in [0.1, 0.15) is 40.5 Å². The van der Waals surface area contributed by atoms with Crippen LogP contribution in [-0.2, 0) is 4.74 Å². The molecule has 0 amide bonds. The molecule has 0 aliphatic carbocycles. The summed E-state index contributed by atoms with van der Waals surface area (Å²) < 4.78 is 5.75. The van der Waals surface area contributed by atoms with Gasteiger partial charge in [0.05, 0.1) is 18.1 Å². The van der Waals surface area contributed by atoms with Crippen LogP contribution in [-0.4, -0.2) is 12.7 Å². The van der Waals surface area contributed by atoms with Crippen LogP contribution in [0.3, 0.4) is 0 Å². The molecular weight excluding hydrogens is 174 g/mol. The second-order valence-electron chi connectivity index (χ2n) is 5.37. The second-order valence-corrected chi connectivity index (χ2v) is 5.37. The van der Waals surface area contributed by atoms with E-state index in [1.54, 1.807) is 0 Å². The molecule has 1 heterocycles. The van der Waals surface area contributed by atoms with Gasteiger partial charge in [0, 0.05) is 6.61 Å². The van der Waals surface area contributed by atoms with Crippen molar-refractivity contribution in [3.63, 3.8) is 0 Å². The molecule has 3 atom stereocenters. The molecule has 0 bridgehead atoms. The van der Waals surface area contributed by atoms with Crippen LogP contribution in [0.25, 0.3) is 0 Å². The molecule has 0 aromatic heterocycles. The molecule has 3 unspecified atom stereocenters. The van der Waals surface area contributed by atoms with Gasteiger partial charge in [-0.1, -0.05) is 27.7 Å². The molecule has 1 fully saturated rings. The van der Waals surface area contributed by atoms with Crippen LogP contribution < -0.4 is 0 Å². The minimum Gasteiger partial charge on any atom is -0.377 e. The van der Waals surface area contributed by atoms with Gasteiger partial charge in [-0.25, -0.2) is 0 Å². The van der Waals surface area contributed by atoms with Gasteiger partial charge in [-0.3, -0.25) is 0 Å². The maximum atomic E-state index is 9.05. The molecule has 0 aromatic rings. The third kappa shape index (κ3) is 2.48. The van der Waals surface area contributed by atoms with E-state index in [1.165, 1.54) is 0 Å². The van der Waals surface area contributed by atoms with Crippen LogP contribution in [0.5, 0.6) is 0 Å². The fourth-order valence-electron chi connectivity index (χ4n) is 1.93. The zero-order valence-corrected chi connectivity index (χ0v) is 9.71. The minimum absolute atomic E-state index is 0.0953. The highest BCUT2D eigenvalue weighted by Crippen LogP contribution is 2.36. The second kappa shape index (κ2) is 4.31. The SMILES string of the molecule is CC(C1OCCCC1C#N)C(C)(C)C. The number of ether oxygens (including phenoxy) is 1. The van der Waals surface area contributed by atoms with Gasteiger partial charge in [0.25, 0.3) is 0 Å². The van der Waals surface area contributed by atoms with E-state index >= 15 is 0 Å². The highest BCUT2D eigenvalue weighted by Gasteiger charge is 2.36. The third-order valence-corrected chi connectivity index (χ3v) is 3.39.